The molecule has 0 radical (unpaired) electrons. The van der Waals surface area contributed by atoms with Crippen molar-refractivity contribution in [2.75, 3.05) is 0 Å². The third-order valence-corrected chi connectivity index (χ3v) is 3.19. The molecule has 0 aliphatic heterocycles. The van der Waals surface area contributed by atoms with Crippen LogP contribution in [-0.2, 0) is 21.9 Å². The van der Waals surface area contributed by atoms with E-state index in [2.05, 4.69) is 0 Å². The van der Waals surface area contributed by atoms with Gasteiger partial charge in [-0.15, -0.1) is 0 Å². The van der Waals surface area contributed by atoms with E-state index in [-0.39, 0.29) is 0 Å². The highest BCUT2D eigenvalue weighted by Crippen LogP contribution is 2.20. The van der Waals surface area contributed by atoms with E-state index in [0.29, 0.717) is 12.8 Å². The lowest BCUT2D eigenvalue weighted by Gasteiger charge is -2.08. The Morgan fingerprint density at radius 3 is 1.80 bits per heavy atom. The molecule has 0 saturated carbocycles. The van der Waals surface area contributed by atoms with E-state index in [4.69, 9.17) is 9.42 Å². The van der Waals surface area contributed by atoms with Crippen LogP contribution in [0.5, 0.6) is 0 Å². The average Bonchev–Trinajstić information content (AvgIpc) is 2.47. The first kappa shape index (κ1) is 14.6. The van der Waals surface area contributed by atoms with Crippen LogP contribution in [0.2, 0.25) is 0 Å². The maximum atomic E-state index is 10.7. The largest absolute Gasteiger partial charge is 0.434 e. The molecular weight excluding hydrogens is 271 g/mol. The smallest absolute Gasteiger partial charge is 0.364 e. The van der Waals surface area contributed by atoms with Crippen molar-refractivity contribution < 1.29 is 14.0 Å². The minimum absolute atomic E-state index is 0.699. The molecule has 1 atom stereocenters. The van der Waals surface area contributed by atoms with Gasteiger partial charge in [0.15, 0.2) is 0 Å². The molecule has 1 unspecified atom stereocenters. The second-order valence-corrected chi connectivity index (χ2v) is 5.25. The topological polar surface area (TPSA) is 46.5 Å². The molecule has 104 valence electrons. The van der Waals surface area contributed by atoms with Gasteiger partial charge in [-0.25, -0.2) is 4.57 Å². The molecule has 0 heterocycles. The van der Waals surface area contributed by atoms with Gasteiger partial charge in [-0.05, 0) is 29.5 Å². The fourth-order valence-electron chi connectivity index (χ4n) is 2.00. The Morgan fingerprint density at radius 1 is 0.950 bits per heavy atom. The molecule has 0 fully saturated rings. The molecule has 0 aliphatic rings. The Hall–Kier alpha value is -1.83. The fraction of sp³-hybridized carbons (Fsp3) is 0.125. The quantitative estimate of drug-likeness (QED) is 0.650. The average molecular weight is 288 g/mol. The number of hydrogen-bond donors (Lipinski definition) is 1. The SMILES string of the molecule is O=[PH](O)OC=C(Cc1ccccc1)Cc1ccccc1. The summed E-state index contributed by atoms with van der Waals surface area (Å²) >= 11 is 0. The zero-order valence-electron chi connectivity index (χ0n) is 11.0. The van der Waals surface area contributed by atoms with Gasteiger partial charge in [0.25, 0.3) is 0 Å². The summed E-state index contributed by atoms with van der Waals surface area (Å²) in [5, 5.41) is 0. The molecule has 2 aromatic rings. The number of hydrogen-bond acceptors (Lipinski definition) is 2. The van der Waals surface area contributed by atoms with Crippen molar-refractivity contribution in [1.82, 2.24) is 0 Å². The van der Waals surface area contributed by atoms with Crippen LogP contribution < -0.4 is 0 Å². The van der Waals surface area contributed by atoms with E-state index in [1.54, 1.807) is 0 Å². The van der Waals surface area contributed by atoms with Crippen LogP contribution >= 0.6 is 8.25 Å². The number of benzene rings is 2. The molecule has 0 spiro atoms. The first-order valence-electron chi connectivity index (χ1n) is 6.39. The third kappa shape index (κ3) is 5.04. The molecule has 0 saturated heterocycles. The van der Waals surface area contributed by atoms with Gasteiger partial charge in [0.05, 0.1) is 6.26 Å². The van der Waals surface area contributed by atoms with E-state index >= 15 is 0 Å². The van der Waals surface area contributed by atoms with Gasteiger partial charge in [-0.3, -0.25) is 0 Å². The fourth-order valence-corrected chi connectivity index (χ4v) is 2.26. The molecule has 2 aromatic carbocycles. The van der Waals surface area contributed by atoms with E-state index in [1.165, 1.54) is 6.26 Å². The summed E-state index contributed by atoms with van der Waals surface area (Å²) in [6.07, 6.45) is 2.82. The minimum atomic E-state index is -2.94. The summed E-state index contributed by atoms with van der Waals surface area (Å²) in [5.41, 5.74) is 3.27. The molecule has 0 bridgehead atoms. The van der Waals surface area contributed by atoms with Crippen LogP contribution in [0.4, 0.5) is 0 Å². The van der Waals surface area contributed by atoms with Crippen molar-refractivity contribution in [3.05, 3.63) is 83.6 Å². The maximum Gasteiger partial charge on any atom is 0.364 e. The lowest BCUT2D eigenvalue weighted by atomic mass is 9.99. The Bertz CT molecular complexity index is 536. The van der Waals surface area contributed by atoms with Crippen LogP contribution in [0.25, 0.3) is 0 Å². The summed E-state index contributed by atoms with van der Waals surface area (Å²) in [6, 6.07) is 20.0. The van der Waals surface area contributed by atoms with Crippen LogP contribution in [0.1, 0.15) is 11.1 Å². The minimum Gasteiger partial charge on any atom is -0.434 e. The molecule has 2 rings (SSSR count). The van der Waals surface area contributed by atoms with Crippen molar-refractivity contribution in [2.24, 2.45) is 0 Å². The highest BCUT2D eigenvalue weighted by molar-refractivity contribution is 7.32. The highest BCUT2D eigenvalue weighted by Gasteiger charge is 2.03. The van der Waals surface area contributed by atoms with Gasteiger partial charge < -0.3 is 9.42 Å². The van der Waals surface area contributed by atoms with Gasteiger partial charge in [0.1, 0.15) is 0 Å². The Kier molecular flexibility index (Phi) is 5.60. The van der Waals surface area contributed by atoms with Crippen LogP contribution in [0.3, 0.4) is 0 Å². The number of rotatable bonds is 6. The second kappa shape index (κ2) is 7.68. The number of allylic oxidation sites excluding steroid dienone is 1. The van der Waals surface area contributed by atoms with Crippen molar-refractivity contribution in [3.8, 4) is 0 Å². The Balaban J connectivity index is 2.12. The predicted molar refractivity (Wildman–Crippen MR) is 80.7 cm³/mol. The molecule has 4 heteroatoms. The molecule has 0 amide bonds. The molecule has 0 aliphatic carbocycles. The van der Waals surface area contributed by atoms with Crippen LogP contribution in [0.15, 0.2) is 72.5 Å². The van der Waals surface area contributed by atoms with E-state index < -0.39 is 8.25 Å². The highest BCUT2D eigenvalue weighted by atomic mass is 31.1. The Morgan fingerprint density at radius 2 is 1.40 bits per heavy atom. The zero-order chi connectivity index (χ0) is 14.2. The molecule has 1 N–H and O–H groups in total. The first-order chi connectivity index (χ1) is 9.74. The summed E-state index contributed by atoms with van der Waals surface area (Å²) in [7, 11) is -2.94. The second-order valence-electron chi connectivity index (χ2n) is 4.48. The van der Waals surface area contributed by atoms with Gasteiger partial charge in [-0.1, -0.05) is 60.7 Å². The van der Waals surface area contributed by atoms with E-state index in [1.807, 2.05) is 60.7 Å². The van der Waals surface area contributed by atoms with E-state index in [0.717, 1.165) is 16.7 Å². The van der Waals surface area contributed by atoms with Gasteiger partial charge >= 0.3 is 8.25 Å². The maximum absolute atomic E-state index is 10.7. The normalized spacial score (nSPS) is 11.7. The summed E-state index contributed by atoms with van der Waals surface area (Å²) in [4.78, 5) is 8.81. The van der Waals surface area contributed by atoms with Crippen molar-refractivity contribution in [2.45, 2.75) is 12.8 Å². The first-order valence-corrected chi connectivity index (χ1v) is 7.66. The summed E-state index contributed by atoms with van der Waals surface area (Å²) in [5.74, 6) is 0. The molecule has 3 nitrogen and oxygen atoms in total. The van der Waals surface area contributed by atoms with Crippen molar-refractivity contribution in [3.63, 3.8) is 0 Å². The molecule has 0 aromatic heterocycles. The Labute approximate surface area is 119 Å². The third-order valence-electron chi connectivity index (χ3n) is 2.87. The molecule has 20 heavy (non-hydrogen) atoms. The summed E-state index contributed by atoms with van der Waals surface area (Å²) < 4.78 is 15.5. The monoisotopic (exact) mass is 288 g/mol. The standard InChI is InChI=1S/C16H17O3P/c17-20(18)19-13-16(11-14-7-3-1-4-8-14)12-15-9-5-2-6-10-15/h1-10,13,20H,11-12H2,(H,17,18). The van der Waals surface area contributed by atoms with Gasteiger partial charge in [0.2, 0.25) is 0 Å². The van der Waals surface area contributed by atoms with Crippen LogP contribution in [0, 0.1) is 0 Å². The van der Waals surface area contributed by atoms with E-state index in [9.17, 15) is 4.57 Å². The lowest BCUT2D eigenvalue weighted by molar-refractivity contribution is 0.374. The summed E-state index contributed by atoms with van der Waals surface area (Å²) in [6.45, 7) is 0. The molecular formula is C16H17O3P. The van der Waals surface area contributed by atoms with Crippen LogP contribution in [-0.4, -0.2) is 4.89 Å². The zero-order valence-corrected chi connectivity index (χ0v) is 12.0. The van der Waals surface area contributed by atoms with Crippen molar-refractivity contribution in [1.29, 1.82) is 0 Å². The van der Waals surface area contributed by atoms with Gasteiger partial charge in [0, 0.05) is 0 Å². The predicted octanol–water partition coefficient (Wildman–Crippen LogP) is 3.75. The van der Waals surface area contributed by atoms with Gasteiger partial charge in [-0.2, -0.15) is 0 Å². The van der Waals surface area contributed by atoms with Crippen molar-refractivity contribution >= 4 is 8.25 Å². The lowest BCUT2D eigenvalue weighted by Crippen LogP contribution is -1.96.